The smallest absolute Gasteiger partial charge is 0.325 e. The van der Waals surface area contributed by atoms with Gasteiger partial charge >= 0.3 is 6.03 Å². The lowest BCUT2D eigenvalue weighted by molar-refractivity contribution is -0.136. The Kier molecular flexibility index (Phi) is 5.25. The molecular weight excluding hydrogens is 370 g/mol. The molecule has 0 atom stereocenters. The summed E-state index contributed by atoms with van der Waals surface area (Å²) in [5.74, 6) is -0.00468. The second kappa shape index (κ2) is 7.85. The molecule has 154 valence electrons. The third-order valence-electron chi connectivity index (χ3n) is 6.10. The first-order valence-corrected chi connectivity index (χ1v) is 10.3. The van der Waals surface area contributed by atoms with E-state index in [0.717, 1.165) is 41.7 Å². The van der Waals surface area contributed by atoms with Crippen molar-refractivity contribution in [2.45, 2.75) is 51.1 Å². The first-order valence-electron chi connectivity index (χ1n) is 10.3. The quantitative estimate of drug-likeness (QED) is 0.576. The molecule has 2 aliphatic rings. The number of hydrogen-bond acceptors (Lipinski definition) is 4. The maximum atomic E-state index is 12.8. The largest absolute Gasteiger partial charge is 0.354 e. The summed E-state index contributed by atoms with van der Waals surface area (Å²) in [6, 6.07) is 7.45. The highest BCUT2D eigenvalue weighted by Crippen LogP contribution is 2.36. The molecule has 1 saturated carbocycles. The zero-order chi connectivity index (χ0) is 20.4. The molecule has 2 heterocycles. The van der Waals surface area contributed by atoms with E-state index in [1.54, 1.807) is 6.33 Å². The van der Waals surface area contributed by atoms with Gasteiger partial charge in [-0.15, -0.1) is 0 Å². The summed E-state index contributed by atoms with van der Waals surface area (Å²) in [6.07, 6.45) is 5.65. The number of benzene rings is 1. The maximum absolute atomic E-state index is 12.8. The summed E-state index contributed by atoms with van der Waals surface area (Å²) in [4.78, 5) is 42.8. The predicted molar refractivity (Wildman–Crippen MR) is 108 cm³/mol. The molecule has 1 saturated heterocycles. The number of imidazole rings is 1. The molecule has 1 aliphatic heterocycles. The Morgan fingerprint density at radius 1 is 1.28 bits per heavy atom. The van der Waals surface area contributed by atoms with Crippen LogP contribution in [0.2, 0.25) is 0 Å². The Morgan fingerprint density at radius 2 is 2.03 bits per heavy atom. The van der Waals surface area contributed by atoms with Gasteiger partial charge in [-0.1, -0.05) is 19.1 Å². The minimum Gasteiger partial charge on any atom is -0.354 e. The lowest BCUT2D eigenvalue weighted by atomic mass is 9.77. The maximum Gasteiger partial charge on any atom is 0.325 e. The van der Waals surface area contributed by atoms with E-state index in [-0.39, 0.29) is 18.4 Å². The molecule has 1 aromatic heterocycles. The number of hydrogen-bond donors (Lipinski definition) is 2. The van der Waals surface area contributed by atoms with Crippen molar-refractivity contribution >= 4 is 28.9 Å². The van der Waals surface area contributed by atoms with E-state index >= 15 is 0 Å². The van der Waals surface area contributed by atoms with Crippen LogP contribution in [0.5, 0.6) is 0 Å². The lowest BCUT2D eigenvalue weighted by Gasteiger charge is -2.33. The molecule has 1 spiro atoms. The van der Waals surface area contributed by atoms with Crippen molar-refractivity contribution in [1.82, 2.24) is 25.1 Å². The zero-order valence-corrected chi connectivity index (χ0v) is 16.7. The molecule has 8 heteroatoms. The van der Waals surface area contributed by atoms with Gasteiger partial charge in [0.2, 0.25) is 5.91 Å². The van der Waals surface area contributed by atoms with Crippen LogP contribution in [0, 0.1) is 5.92 Å². The molecule has 1 aliphatic carbocycles. The van der Waals surface area contributed by atoms with E-state index < -0.39 is 11.6 Å². The second-order valence-corrected chi connectivity index (χ2v) is 8.22. The van der Waals surface area contributed by atoms with E-state index in [9.17, 15) is 14.4 Å². The van der Waals surface area contributed by atoms with E-state index in [4.69, 9.17) is 0 Å². The average molecular weight is 397 g/mol. The van der Waals surface area contributed by atoms with Crippen molar-refractivity contribution in [3.8, 4) is 0 Å². The van der Waals surface area contributed by atoms with Crippen LogP contribution in [0.15, 0.2) is 30.6 Å². The Hall–Kier alpha value is -2.90. The van der Waals surface area contributed by atoms with Crippen LogP contribution in [0.4, 0.5) is 4.79 Å². The highest BCUT2D eigenvalue weighted by Gasteiger charge is 2.52. The number of carbonyl (C=O) groups is 3. The van der Waals surface area contributed by atoms with E-state index in [0.29, 0.717) is 25.3 Å². The van der Waals surface area contributed by atoms with E-state index in [1.807, 2.05) is 28.8 Å². The van der Waals surface area contributed by atoms with Crippen molar-refractivity contribution in [1.29, 1.82) is 0 Å². The predicted octanol–water partition coefficient (Wildman–Crippen LogP) is 2.04. The molecule has 2 aromatic rings. The van der Waals surface area contributed by atoms with Gasteiger partial charge in [0.1, 0.15) is 12.1 Å². The number of urea groups is 1. The zero-order valence-electron chi connectivity index (χ0n) is 16.7. The third kappa shape index (κ3) is 3.83. The Morgan fingerprint density at radius 3 is 2.83 bits per heavy atom. The molecule has 8 nitrogen and oxygen atoms in total. The van der Waals surface area contributed by atoms with E-state index in [1.165, 1.54) is 0 Å². The first kappa shape index (κ1) is 19.4. The minimum atomic E-state index is -0.799. The van der Waals surface area contributed by atoms with Crippen molar-refractivity contribution in [3.05, 3.63) is 30.6 Å². The number of imide groups is 1. The molecule has 4 amide bonds. The summed E-state index contributed by atoms with van der Waals surface area (Å²) in [6.45, 7) is 3.13. The Labute approximate surface area is 169 Å². The summed E-state index contributed by atoms with van der Waals surface area (Å²) in [5, 5.41) is 5.66. The molecular formula is C21H27N5O3. The van der Waals surface area contributed by atoms with Crippen LogP contribution in [-0.2, 0) is 16.1 Å². The highest BCUT2D eigenvalue weighted by molar-refractivity contribution is 6.09. The SMILES string of the molecule is CC1CCC2(CC1)NC(=O)N(CC(=O)NCCCn1cnc3ccccc31)C2=O. The van der Waals surface area contributed by atoms with Gasteiger partial charge in [-0.2, -0.15) is 0 Å². The number of fused-ring (bicyclic) bond motifs is 1. The summed E-state index contributed by atoms with van der Waals surface area (Å²) >= 11 is 0. The fourth-order valence-corrected chi connectivity index (χ4v) is 4.28. The van der Waals surface area contributed by atoms with Crippen LogP contribution < -0.4 is 10.6 Å². The average Bonchev–Trinajstić information content (AvgIpc) is 3.22. The van der Waals surface area contributed by atoms with Gasteiger partial charge < -0.3 is 15.2 Å². The molecule has 4 rings (SSSR count). The fourth-order valence-electron chi connectivity index (χ4n) is 4.28. The van der Waals surface area contributed by atoms with Gasteiger partial charge in [-0.25, -0.2) is 9.78 Å². The number of carbonyl (C=O) groups excluding carboxylic acids is 3. The van der Waals surface area contributed by atoms with Crippen molar-refractivity contribution < 1.29 is 14.4 Å². The van der Waals surface area contributed by atoms with Crippen LogP contribution in [0.1, 0.15) is 39.0 Å². The number of nitrogens with zero attached hydrogens (tertiary/aromatic N) is 3. The Bertz CT molecular complexity index is 929. The van der Waals surface area contributed by atoms with Crippen LogP contribution in [0.3, 0.4) is 0 Å². The molecule has 2 N–H and O–H groups in total. The molecule has 0 radical (unpaired) electrons. The highest BCUT2D eigenvalue weighted by atomic mass is 16.2. The first-order chi connectivity index (χ1) is 14.0. The van der Waals surface area contributed by atoms with Crippen LogP contribution >= 0.6 is 0 Å². The van der Waals surface area contributed by atoms with Crippen molar-refractivity contribution in [2.24, 2.45) is 5.92 Å². The van der Waals surface area contributed by atoms with Gasteiger partial charge in [0.25, 0.3) is 5.91 Å². The number of nitrogens with one attached hydrogen (secondary N) is 2. The minimum absolute atomic E-state index is 0.226. The molecule has 29 heavy (non-hydrogen) atoms. The molecule has 2 fully saturated rings. The number of rotatable bonds is 6. The topological polar surface area (TPSA) is 96.3 Å². The monoisotopic (exact) mass is 397 g/mol. The van der Waals surface area contributed by atoms with Crippen LogP contribution in [-0.4, -0.2) is 50.9 Å². The lowest BCUT2D eigenvalue weighted by Crippen LogP contribution is -2.49. The molecule has 0 unspecified atom stereocenters. The van der Waals surface area contributed by atoms with Gasteiger partial charge in [-0.3, -0.25) is 14.5 Å². The number of amides is 4. The van der Waals surface area contributed by atoms with Crippen LogP contribution in [0.25, 0.3) is 11.0 Å². The molecule has 1 aromatic carbocycles. The van der Waals surface area contributed by atoms with Gasteiger partial charge in [0.15, 0.2) is 0 Å². The number of para-hydroxylation sites is 2. The third-order valence-corrected chi connectivity index (χ3v) is 6.10. The normalized spacial score (nSPS) is 24.3. The standard InChI is InChI=1S/C21H27N5O3/c1-15-7-9-21(10-8-15)19(28)26(20(29)24-21)13-18(27)22-11-4-12-25-14-23-16-5-2-3-6-17(16)25/h2-3,5-6,14-15H,4,7-13H2,1H3,(H,22,27)(H,24,29). The second-order valence-electron chi connectivity index (χ2n) is 8.22. The van der Waals surface area contributed by atoms with Crippen molar-refractivity contribution in [3.63, 3.8) is 0 Å². The van der Waals surface area contributed by atoms with E-state index in [2.05, 4.69) is 22.5 Å². The summed E-state index contributed by atoms with van der Waals surface area (Å²) in [5.41, 5.74) is 1.21. The molecule has 0 bridgehead atoms. The Balaban J connectivity index is 1.25. The van der Waals surface area contributed by atoms with Crippen molar-refractivity contribution in [2.75, 3.05) is 13.1 Å². The summed E-state index contributed by atoms with van der Waals surface area (Å²) in [7, 11) is 0. The fraction of sp³-hybridized carbons (Fsp3) is 0.524. The van der Waals surface area contributed by atoms with Gasteiger partial charge in [0, 0.05) is 13.1 Å². The summed E-state index contributed by atoms with van der Waals surface area (Å²) < 4.78 is 2.05. The van der Waals surface area contributed by atoms with Gasteiger partial charge in [0.05, 0.1) is 17.4 Å². The number of aryl methyl sites for hydroxylation is 1. The van der Waals surface area contributed by atoms with Gasteiger partial charge in [-0.05, 0) is 50.2 Å². The number of aromatic nitrogens is 2.